The normalized spacial score (nSPS) is 11.0. The van der Waals surface area contributed by atoms with E-state index in [0.29, 0.717) is 17.2 Å². The van der Waals surface area contributed by atoms with Crippen molar-refractivity contribution in [3.63, 3.8) is 0 Å². The van der Waals surface area contributed by atoms with Crippen LogP contribution in [0.25, 0.3) is 10.6 Å². The summed E-state index contributed by atoms with van der Waals surface area (Å²) in [6.45, 7) is 4.09. The fourth-order valence-corrected chi connectivity index (χ4v) is 3.20. The minimum absolute atomic E-state index is 0.263. The first-order valence-corrected chi connectivity index (χ1v) is 7.90. The highest BCUT2D eigenvalue weighted by Crippen LogP contribution is 2.32. The van der Waals surface area contributed by atoms with Crippen LogP contribution in [-0.4, -0.2) is 18.6 Å². The molecule has 0 spiro atoms. The van der Waals surface area contributed by atoms with Crippen LogP contribution in [0.4, 0.5) is 4.39 Å². The average Bonchev–Trinajstić information content (AvgIpc) is 2.82. The molecule has 0 bridgehead atoms. The Hall–Kier alpha value is -0.820. The SMILES string of the molecule is CCNCc1sc(-c2cc(Br)ccc2F)nc1COC. The van der Waals surface area contributed by atoms with E-state index < -0.39 is 0 Å². The van der Waals surface area contributed by atoms with E-state index in [1.807, 2.05) is 6.92 Å². The number of hydrogen-bond donors (Lipinski definition) is 1. The number of hydrogen-bond acceptors (Lipinski definition) is 4. The van der Waals surface area contributed by atoms with E-state index in [2.05, 4.69) is 26.2 Å². The van der Waals surface area contributed by atoms with Crippen LogP contribution >= 0.6 is 27.3 Å². The number of thiazole rings is 1. The first-order valence-electron chi connectivity index (χ1n) is 6.29. The molecule has 0 fully saturated rings. The van der Waals surface area contributed by atoms with Crippen molar-refractivity contribution in [3.05, 3.63) is 39.1 Å². The topological polar surface area (TPSA) is 34.2 Å². The van der Waals surface area contributed by atoms with Crippen LogP contribution in [-0.2, 0) is 17.9 Å². The first kappa shape index (κ1) is 15.6. The molecule has 20 heavy (non-hydrogen) atoms. The molecule has 2 aromatic rings. The van der Waals surface area contributed by atoms with E-state index >= 15 is 0 Å². The van der Waals surface area contributed by atoms with Crippen LogP contribution in [0.1, 0.15) is 17.5 Å². The Morgan fingerprint density at radius 3 is 2.95 bits per heavy atom. The number of methoxy groups -OCH3 is 1. The minimum atomic E-state index is -0.263. The smallest absolute Gasteiger partial charge is 0.133 e. The Morgan fingerprint density at radius 1 is 1.45 bits per heavy atom. The Bertz CT molecular complexity index is 589. The molecule has 0 aliphatic rings. The second-order valence-electron chi connectivity index (χ2n) is 4.23. The predicted molar refractivity (Wildman–Crippen MR) is 83.3 cm³/mol. The largest absolute Gasteiger partial charge is 0.378 e. The third-order valence-corrected chi connectivity index (χ3v) is 4.38. The molecular formula is C14H16BrFN2OS. The van der Waals surface area contributed by atoms with Crippen LogP contribution in [0.15, 0.2) is 22.7 Å². The van der Waals surface area contributed by atoms with Gasteiger partial charge in [0.1, 0.15) is 10.8 Å². The standard InChI is InChI=1S/C14H16BrFN2OS/c1-3-17-7-13-12(8-19-2)18-14(20-13)10-6-9(15)4-5-11(10)16/h4-6,17H,3,7-8H2,1-2H3. The Morgan fingerprint density at radius 2 is 2.25 bits per heavy atom. The van der Waals surface area contributed by atoms with Crippen molar-refractivity contribution in [1.29, 1.82) is 0 Å². The molecule has 0 aliphatic heterocycles. The van der Waals surface area contributed by atoms with Gasteiger partial charge < -0.3 is 10.1 Å². The van der Waals surface area contributed by atoms with Gasteiger partial charge >= 0.3 is 0 Å². The van der Waals surface area contributed by atoms with Crippen LogP contribution in [0, 0.1) is 5.82 Å². The zero-order chi connectivity index (χ0) is 14.5. The van der Waals surface area contributed by atoms with Crippen molar-refractivity contribution >= 4 is 27.3 Å². The zero-order valence-corrected chi connectivity index (χ0v) is 13.8. The molecule has 0 saturated heterocycles. The van der Waals surface area contributed by atoms with Crippen LogP contribution in [0.3, 0.4) is 0 Å². The number of aromatic nitrogens is 1. The molecule has 1 aromatic carbocycles. The van der Waals surface area contributed by atoms with E-state index in [1.165, 1.54) is 17.4 Å². The maximum atomic E-state index is 13.9. The van der Waals surface area contributed by atoms with Crippen molar-refractivity contribution in [2.75, 3.05) is 13.7 Å². The fraction of sp³-hybridized carbons (Fsp3) is 0.357. The number of ether oxygens (including phenoxy) is 1. The van der Waals surface area contributed by atoms with Gasteiger partial charge in [0.2, 0.25) is 0 Å². The Balaban J connectivity index is 2.38. The molecular weight excluding hydrogens is 343 g/mol. The minimum Gasteiger partial charge on any atom is -0.378 e. The lowest BCUT2D eigenvalue weighted by Gasteiger charge is -2.00. The Kier molecular flexibility index (Phi) is 5.65. The van der Waals surface area contributed by atoms with Gasteiger partial charge in [0, 0.05) is 28.6 Å². The maximum Gasteiger partial charge on any atom is 0.133 e. The van der Waals surface area contributed by atoms with Gasteiger partial charge in [-0.1, -0.05) is 22.9 Å². The summed E-state index contributed by atoms with van der Waals surface area (Å²) in [5.41, 5.74) is 1.39. The van der Waals surface area contributed by atoms with E-state index in [-0.39, 0.29) is 5.82 Å². The van der Waals surface area contributed by atoms with Crippen molar-refractivity contribution in [2.45, 2.75) is 20.1 Å². The van der Waals surface area contributed by atoms with Gasteiger partial charge in [-0.25, -0.2) is 9.37 Å². The lowest BCUT2D eigenvalue weighted by Crippen LogP contribution is -2.12. The molecule has 0 amide bonds. The second kappa shape index (κ2) is 7.26. The van der Waals surface area contributed by atoms with Crippen molar-refractivity contribution in [3.8, 4) is 10.6 Å². The quantitative estimate of drug-likeness (QED) is 0.848. The number of rotatable bonds is 6. The van der Waals surface area contributed by atoms with Gasteiger partial charge in [-0.2, -0.15) is 0 Å². The maximum absolute atomic E-state index is 13.9. The summed E-state index contributed by atoms with van der Waals surface area (Å²) in [5.74, 6) is -0.263. The molecule has 1 N–H and O–H groups in total. The molecule has 1 heterocycles. The number of benzene rings is 1. The number of nitrogens with zero attached hydrogens (tertiary/aromatic N) is 1. The Labute approximate surface area is 130 Å². The summed E-state index contributed by atoms with van der Waals surface area (Å²) >= 11 is 4.87. The molecule has 0 radical (unpaired) electrons. The molecule has 0 saturated carbocycles. The van der Waals surface area contributed by atoms with Gasteiger partial charge in [-0.3, -0.25) is 0 Å². The average molecular weight is 359 g/mol. The molecule has 1 aromatic heterocycles. The summed E-state index contributed by atoms with van der Waals surface area (Å²) < 4.78 is 19.9. The molecule has 0 aliphatic carbocycles. The highest BCUT2D eigenvalue weighted by atomic mass is 79.9. The van der Waals surface area contributed by atoms with E-state index in [4.69, 9.17) is 4.74 Å². The van der Waals surface area contributed by atoms with E-state index in [1.54, 1.807) is 19.2 Å². The van der Waals surface area contributed by atoms with Crippen molar-refractivity contribution in [1.82, 2.24) is 10.3 Å². The number of nitrogens with one attached hydrogen (secondary N) is 1. The lowest BCUT2D eigenvalue weighted by atomic mass is 10.2. The summed E-state index contributed by atoms with van der Waals surface area (Å²) in [4.78, 5) is 5.60. The van der Waals surface area contributed by atoms with Gasteiger partial charge in [0.05, 0.1) is 12.3 Å². The molecule has 3 nitrogen and oxygen atoms in total. The molecule has 2 rings (SSSR count). The van der Waals surface area contributed by atoms with E-state index in [0.717, 1.165) is 28.1 Å². The van der Waals surface area contributed by atoms with Crippen molar-refractivity contribution in [2.24, 2.45) is 0 Å². The second-order valence-corrected chi connectivity index (χ2v) is 6.23. The number of halogens is 2. The molecule has 108 valence electrons. The zero-order valence-electron chi connectivity index (χ0n) is 11.4. The lowest BCUT2D eigenvalue weighted by molar-refractivity contribution is 0.181. The molecule has 0 unspecified atom stereocenters. The summed E-state index contributed by atoms with van der Waals surface area (Å²) in [6.07, 6.45) is 0. The van der Waals surface area contributed by atoms with Gasteiger partial charge in [0.15, 0.2) is 0 Å². The monoisotopic (exact) mass is 358 g/mol. The highest BCUT2D eigenvalue weighted by molar-refractivity contribution is 9.10. The third-order valence-electron chi connectivity index (χ3n) is 2.75. The molecule has 6 heteroatoms. The summed E-state index contributed by atoms with van der Waals surface area (Å²) in [7, 11) is 1.63. The predicted octanol–water partition coefficient (Wildman–Crippen LogP) is 3.97. The van der Waals surface area contributed by atoms with Crippen molar-refractivity contribution < 1.29 is 9.13 Å². The summed E-state index contributed by atoms with van der Waals surface area (Å²) in [5, 5.41) is 3.95. The molecule has 0 atom stereocenters. The van der Waals surface area contributed by atoms with Gasteiger partial charge in [-0.15, -0.1) is 11.3 Å². The first-order chi connectivity index (χ1) is 9.65. The van der Waals surface area contributed by atoms with Crippen LogP contribution < -0.4 is 5.32 Å². The van der Waals surface area contributed by atoms with Gasteiger partial charge in [-0.05, 0) is 24.7 Å². The van der Waals surface area contributed by atoms with Crippen LogP contribution in [0.2, 0.25) is 0 Å². The van der Waals surface area contributed by atoms with Gasteiger partial charge in [0.25, 0.3) is 0 Å². The van der Waals surface area contributed by atoms with Crippen LogP contribution in [0.5, 0.6) is 0 Å². The fourth-order valence-electron chi connectivity index (χ4n) is 1.79. The third kappa shape index (κ3) is 3.63. The highest BCUT2D eigenvalue weighted by Gasteiger charge is 2.15. The summed E-state index contributed by atoms with van der Waals surface area (Å²) in [6, 6.07) is 4.88. The van der Waals surface area contributed by atoms with E-state index in [9.17, 15) is 4.39 Å².